The van der Waals surface area contributed by atoms with Crippen LogP contribution in [0.25, 0.3) is 11.0 Å². The number of carbonyl (C=O) groups excluding carboxylic acids is 1. The van der Waals surface area contributed by atoms with Gasteiger partial charge in [-0.05, 0) is 50.7 Å². The lowest BCUT2D eigenvalue weighted by Crippen LogP contribution is -2.27. The highest BCUT2D eigenvalue weighted by molar-refractivity contribution is 5.94. The molecular formula is C22H25FN6O3. The van der Waals surface area contributed by atoms with E-state index in [4.69, 9.17) is 9.47 Å². The summed E-state index contributed by atoms with van der Waals surface area (Å²) in [5, 5.41) is 9.36. The van der Waals surface area contributed by atoms with Crippen molar-refractivity contribution < 1.29 is 18.7 Å². The molecule has 0 unspecified atom stereocenters. The van der Waals surface area contributed by atoms with Gasteiger partial charge in [0.25, 0.3) is 5.91 Å². The van der Waals surface area contributed by atoms with Gasteiger partial charge in [0, 0.05) is 18.2 Å². The normalized spacial score (nSPS) is 12.9. The lowest BCUT2D eigenvalue weighted by atomic mass is 10.1. The first-order valence-electron chi connectivity index (χ1n) is 10.5. The number of hydrogen-bond donors (Lipinski definition) is 3. The van der Waals surface area contributed by atoms with E-state index < -0.39 is 0 Å². The number of halogens is 1. The molecule has 0 aliphatic carbocycles. The number of fused-ring (bicyclic) bond motifs is 2. The molecule has 1 aliphatic rings. The van der Waals surface area contributed by atoms with Gasteiger partial charge in [0.05, 0.1) is 30.0 Å². The van der Waals surface area contributed by atoms with E-state index in [0.29, 0.717) is 53.6 Å². The molecule has 168 valence electrons. The Morgan fingerprint density at radius 3 is 2.91 bits per heavy atom. The monoisotopic (exact) mass is 440 g/mol. The summed E-state index contributed by atoms with van der Waals surface area (Å²) in [4.78, 5) is 24.2. The number of ether oxygens (including phenoxy) is 2. The van der Waals surface area contributed by atoms with Crippen molar-refractivity contribution in [3.63, 3.8) is 0 Å². The molecule has 0 saturated heterocycles. The van der Waals surface area contributed by atoms with E-state index in [0.717, 1.165) is 25.2 Å². The van der Waals surface area contributed by atoms with Gasteiger partial charge in [-0.15, -0.1) is 0 Å². The maximum atomic E-state index is 14.3. The van der Waals surface area contributed by atoms with E-state index >= 15 is 0 Å². The highest BCUT2D eigenvalue weighted by atomic mass is 19.1. The minimum Gasteiger partial charge on any atom is -0.481 e. The zero-order valence-corrected chi connectivity index (χ0v) is 17.8. The van der Waals surface area contributed by atoms with Gasteiger partial charge >= 0.3 is 0 Å². The predicted octanol–water partition coefficient (Wildman–Crippen LogP) is 1.82. The van der Waals surface area contributed by atoms with Crippen LogP contribution in [0, 0.1) is 5.82 Å². The van der Waals surface area contributed by atoms with Crippen LogP contribution in [0.3, 0.4) is 0 Å². The Morgan fingerprint density at radius 1 is 1.16 bits per heavy atom. The summed E-state index contributed by atoms with van der Waals surface area (Å²) in [6, 6.07) is 7.18. The highest BCUT2D eigenvalue weighted by Gasteiger charge is 2.17. The van der Waals surface area contributed by atoms with Crippen molar-refractivity contribution in [1.29, 1.82) is 0 Å². The number of hydrogen-bond acceptors (Lipinski definition) is 8. The summed E-state index contributed by atoms with van der Waals surface area (Å²) in [7, 11) is 1.53. The molecule has 0 fully saturated rings. The third-order valence-electron chi connectivity index (χ3n) is 5.05. The van der Waals surface area contributed by atoms with Crippen LogP contribution in [0.5, 0.6) is 11.6 Å². The van der Waals surface area contributed by atoms with E-state index in [1.807, 2.05) is 12.1 Å². The molecular weight excluding hydrogens is 415 g/mol. The zero-order valence-electron chi connectivity index (χ0n) is 17.8. The van der Waals surface area contributed by atoms with Crippen LogP contribution in [0.2, 0.25) is 0 Å². The molecule has 10 heteroatoms. The van der Waals surface area contributed by atoms with Crippen molar-refractivity contribution in [1.82, 2.24) is 25.6 Å². The summed E-state index contributed by atoms with van der Waals surface area (Å²) in [6.07, 6.45) is 2.64. The quantitative estimate of drug-likeness (QED) is 0.410. The molecule has 4 heterocycles. The number of rotatable bonds is 10. The number of nitrogens with one attached hydrogen (secondary N) is 3. The molecule has 0 spiro atoms. The molecule has 3 N–H and O–H groups in total. The fraction of sp³-hybridized carbons (Fsp3) is 0.364. The first-order valence-corrected chi connectivity index (χ1v) is 10.5. The number of carbonyl (C=O) groups is 1. The Morgan fingerprint density at radius 2 is 2.03 bits per heavy atom. The van der Waals surface area contributed by atoms with E-state index in [1.165, 1.54) is 13.3 Å². The first kappa shape index (κ1) is 21.8. The molecule has 0 atom stereocenters. The molecule has 0 aromatic carbocycles. The van der Waals surface area contributed by atoms with Gasteiger partial charge in [0.2, 0.25) is 5.88 Å². The minimum atomic E-state index is -0.360. The number of aromatic nitrogens is 3. The summed E-state index contributed by atoms with van der Waals surface area (Å²) >= 11 is 0. The fourth-order valence-electron chi connectivity index (χ4n) is 3.42. The molecule has 4 rings (SSSR count). The van der Waals surface area contributed by atoms with Gasteiger partial charge in [-0.1, -0.05) is 0 Å². The molecule has 0 radical (unpaired) electrons. The molecule has 1 aliphatic heterocycles. The second-order valence-corrected chi connectivity index (χ2v) is 7.32. The largest absolute Gasteiger partial charge is 0.481 e. The Kier molecular flexibility index (Phi) is 7.03. The Balaban J connectivity index is 1.18. The van der Waals surface area contributed by atoms with E-state index in [-0.39, 0.29) is 18.3 Å². The number of pyridine rings is 3. The topological polar surface area (TPSA) is 110 Å². The van der Waals surface area contributed by atoms with Crippen molar-refractivity contribution in [3.8, 4) is 11.6 Å². The summed E-state index contributed by atoms with van der Waals surface area (Å²) in [6.45, 7) is 2.82. The molecule has 32 heavy (non-hydrogen) atoms. The van der Waals surface area contributed by atoms with Crippen LogP contribution in [0.4, 0.5) is 10.2 Å². The van der Waals surface area contributed by atoms with Crippen LogP contribution in [-0.4, -0.2) is 54.2 Å². The van der Waals surface area contributed by atoms with Gasteiger partial charge in [-0.2, -0.15) is 0 Å². The van der Waals surface area contributed by atoms with Crippen molar-refractivity contribution in [2.45, 2.75) is 19.4 Å². The van der Waals surface area contributed by atoms with Gasteiger partial charge in [-0.25, -0.2) is 14.4 Å². The van der Waals surface area contributed by atoms with Crippen LogP contribution >= 0.6 is 0 Å². The first-order chi connectivity index (χ1) is 15.6. The maximum Gasteiger partial charge on any atom is 0.263 e. The number of methoxy groups -OCH3 is 1. The number of anilines is 1. The van der Waals surface area contributed by atoms with E-state index in [2.05, 4.69) is 30.9 Å². The molecule has 0 saturated carbocycles. The summed E-state index contributed by atoms with van der Waals surface area (Å²) in [5.74, 6) is 0.930. The fourth-order valence-corrected chi connectivity index (χ4v) is 3.42. The number of nitrogens with zero attached hydrogens (tertiary/aromatic N) is 3. The van der Waals surface area contributed by atoms with Crippen LogP contribution in [-0.2, 0) is 17.8 Å². The smallest absolute Gasteiger partial charge is 0.263 e. The van der Waals surface area contributed by atoms with E-state index in [1.54, 1.807) is 12.1 Å². The SMILES string of the molecule is COc1ccc2ncc(F)c(CCNCCCNCc3ccc4c(n3)NC(=O)CO4)c2n1. The van der Waals surface area contributed by atoms with Crippen molar-refractivity contribution >= 4 is 22.8 Å². The average Bonchev–Trinajstić information content (AvgIpc) is 2.81. The van der Waals surface area contributed by atoms with Crippen molar-refractivity contribution in [3.05, 3.63) is 47.5 Å². The minimum absolute atomic E-state index is 0.0218. The Bertz CT molecular complexity index is 1110. The molecule has 9 nitrogen and oxygen atoms in total. The molecule has 3 aromatic heterocycles. The second-order valence-electron chi connectivity index (χ2n) is 7.32. The van der Waals surface area contributed by atoms with Crippen molar-refractivity contribution in [2.75, 3.05) is 38.7 Å². The zero-order chi connectivity index (χ0) is 22.3. The predicted molar refractivity (Wildman–Crippen MR) is 117 cm³/mol. The maximum absolute atomic E-state index is 14.3. The van der Waals surface area contributed by atoms with Gasteiger partial charge in [0.1, 0.15) is 5.82 Å². The summed E-state index contributed by atoms with van der Waals surface area (Å²) < 4.78 is 24.8. The van der Waals surface area contributed by atoms with Crippen LogP contribution in [0.15, 0.2) is 30.5 Å². The third kappa shape index (κ3) is 5.27. The van der Waals surface area contributed by atoms with Crippen LogP contribution in [0.1, 0.15) is 17.7 Å². The van der Waals surface area contributed by atoms with Gasteiger partial charge in [0.15, 0.2) is 18.2 Å². The Hall–Kier alpha value is -3.37. The standard InChI is InChI=1S/C22H25FN6O3/c1-31-20-6-4-17-21(29-20)15(16(23)12-26-17)7-10-24-8-2-9-25-11-14-3-5-18-22(27-14)28-19(30)13-32-18/h3-6,12,24-25H,2,7-11,13H2,1H3,(H,27,28,30). The van der Waals surface area contributed by atoms with Gasteiger partial charge < -0.3 is 25.4 Å². The summed E-state index contributed by atoms with van der Waals surface area (Å²) in [5.41, 5.74) is 2.54. The second kappa shape index (κ2) is 10.3. The molecule has 3 aromatic rings. The highest BCUT2D eigenvalue weighted by Crippen LogP contribution is 2.25. The number of amides is 1. The average molecular weight is 440 g/mol. The lowest BCUT2D eigenvalue weighted by molar-refractivity contribution is -0.118. The third-order valence-corrected chi connectivity index (χ3v) is 5.05. The molecule has 0 bridgehead atoms. The molecule has 1 amide bonds. The van der Waals surface area contributed by atoms with Gasteiger partial charge in [-0.3, -0.25) is 9.78 Å². The Labute approximate surface area is 184 Å². The lowest BCUT2D eigenvalue weighted by Gasteiger charge is -2.17. The van der Waals surface area contributed by atoms with Crippen LogP contribution < -0.4 is 25.4 Å². The van der Waals surface area contributed by atoms with Crippen molar-refractivity contribution in [2.24, 2.45) is 0 Å². The van der Waals surface area contributed by atoms with E-state index in [9.17, 15) is 9.18 Å².